The molecule has 1 aromatic rings. The molecule has 0 radical (unpaired) electrons. The van der Waals surface area contributed by atoms with Gasteiger partial charge in [0, 0.05) is 25.0 Å². The smallest absolute Gasteiger partial charge is 0.238 e. The molecule has 0 saturated carbocycles. The zero-order chi connectivity index (χ0) is 16.5. The highest BCUT2D eigenvalue weighted by Gasteiger charge is 2.40. The van der Waals surface area contributed by atoms with Crippen LogP contribution in [-0.2, 0) is 14.8 Å². The quantitative estimate of drug-likeness (QED) is 0.846. The van der Waals surface area contributed by atoms with E-state index in [0.29, 0.717) is 5.92 Å². The molecule has 2 rings (SSSR count). The number of likely N-dealkylation sites (N-methyl/N-ethyl adjacent to an activating group) is 1. The van der Waals surface area contributed by atoms with Gasteiger partial charge in [-0.25, -0.2) is 8.42 Å². The molecule has 0 N–H and O–H groups in total. The van der Waals surface area contributed by atoms with Gasteiger partial charge in [-0.1, -0.05) is 30.3 Å². The number of amides is 1. The third-order valence-electron chi connectivity index (χ3n) is 4.53. The zero-order valence-corrected chi connectivity index (χ0v) is 14.4. The van der Waals surface area contributed by atoms with Gasteiger partial charge in [-0.3, -0.25) is 4.79 Å². The molecule has 1 aliphatic rings. The van der Waals surface area contributed by atoms with Crippen molar-refractivity contribution >= 4 is 15.9 Å². The Labute approximate surface area is 133 Å². The van der Waals surface area contributed by atoms with E-state index in [0.717, 1.165) is 17.0 Å². The topological polar surface area (TPSA) is 57.7 Å². The van der Waals surface area contributed by atoms with Gasteiger partial charge in [0.25, 0.3) is 0 Å². The van der Waals surface area contributed by atoms with Crippen LogP contribution in [0.15, 0.2) is 30.3 Å². The van der Waals surface area contributed by atoms with E-state index in [4.69, 9.17) is 0 Å². The summed E-state index contributed by atoms with van der Waals surface area (Å²) in [6.07, 6.45) is 2.02. The molecule has 0 aromatic heterocycles. The number of sulfonamides is 1. The van der Waals surface area contributed by atoms with Crippen molar-refractivity contribution in [2.45, 2.75) is 38.3 Å². The van der Waals surface area contributed by atoms with Gasteiger partial charge in [0.2, 0.25) is 15.9 Å². The van der Waals surface area contributed by atoms with Crippen LogP contribution in [0.4, 0.5) is 0 Å². The van der Waals surface area contributed by atoms with Gasteiger partial charge in [-0.05, 0) is 25.8 Å². The predicted molar refractivity (Wildman–Crippen MR) is 87.0 cm³/mol. The summed E-state index contributed by atoms with van der Waals surface area (Å²) in [5, 5.41) is 0. The predicted octanol–water partition coefficient (Wildman–Crippen LogP) is 1.67. The molecule has 0 spiro atoms. The van der Waals surface area contributed by atoms with Crippen molar-refractivity contribution in [2.24, 2.45) is 0 Å². The van der Waals surface area contributed by atoms with Crippen molar-refractivity contribution in [3.05, 3.63) is 35.9 Å². The molecule has 3 atom stereocenters. The minimum absolute atomic E-state index is 0.0675. The van der Waals surface area contributed by atoms with E-state index in [2.05, 4.69) is 12.1 Å². The lowest BCUT2D eigenvalue weighted by Crippen LogP contribution is -2.45. The molecule has 122 valence electrons. The summed E-state index contributed by atoms with van der Waals surface area (Å²) in [6, 6.07) is 10.4. The lowest BCUT2D eigenvalue weighted by atomic mass is 9.92. The summed E-state index contributed by atoms with van der Waals surface area (Å²) in [5.41, 5.74) is 1.23. The summed E-state index contributed by atoms with van der Waals surface area (Å²) < 4.78 is 24.1. The highest BCUT2D eigenvalue weighted by atomic mass is 32.2. The van der Waals surface area contributed by atoms with Crippen LogP contribution in [0, 0.1) is 0 Å². The van der Waals surface area contributed by atoms with E-state index in [1.807, 2.05) is 36.9 Å². The monoisotopic (exact) mass is 324 g/mol. The van der Waals surface area contributed by atoms with Crippen LogP contribution in [0.25, 0.3) is 0 Å². The van der Waals surface area contributed by atoms with E-state index in [1.54, 1.807) is 0 Å². The lowest BCUT2D eigenvalue weighted by Gasteiger charge is -2.29. The van der Waals surface area contributed by atoms with Crippen molar-refractivity contribution in [3.8, 4) is 0 Å². The number of hydrogen-bond donors (Lipinski definition) is 0. The van der Waals surface area contributed by atoms with E-state index in [9.17, 15) is 13.2 Å². The Hall–Kier alpha value is -1.40. The Balaban J connectivity index is 2.14. The zero-order valence-electron chi connectivity index (χ0n) is 13.6. The summed E-state index contributed by atoms with van der Waals surface area (Å²) in [7, 11) is -1.90. The molecular weight excluding hydrogens is 300 g/mol. The second-order valence-electron chi connectivity index (χ2n) is 6.16. The second-order valence-corrected chi connectivity index (χ2v) is 8.25. The van der Waals surface area contributed by atoms with Gasteiger partial charge in [0.05, 0.1) is 12.8 Å². The van der Waals surface area contributed by atoms with Gasteiger partial charge in [-0.2, -0.15) is 4.31 Å². The number of nitrogens with zero attached hydrogens (tertiary/aromatic N) is 2. The van der Waals surface area contributed by atoms with Gasteiger partial charge < -0.3 is 4.90 Å². The lowest BCUT2D eigenvalue weighted by molar-refractivity contribution is -0.133. The van der Waals surface area contributed by atoms with Crippen molar-refractivity contribution in [1.29, 1.82) is 0 Å². The molecule has 22 heavy (non-hydrogen) atoms. The molecule has 1 aromatic carbocycles. The molecule has 1 amide bonds. The van der Waals surface area contributed by atoms with E-state index in [1.165, 1.54) is 12.6 Å². The first-order valence-corrected chi connectivity index (χ1v) is 9.34. The van der Waals surface area contributed by atoms with Crippen molar-refractivity contribution < 1.29 is 13.2 Å². The summed E-state index contributed by atoms with van der Waals surface area (Å²) in [4.78, 5) is 14.4. The summed E-state index contributed by atoms with van der Waals surface area (Å²) >= 11 is 0. The Bertz CT molecular complexity index is 630. The largest absolute Gasteiger partial charge is 0.336 e. The van der Waals surface area contributed by atoms with Gasteiger partial charge in [-0.15, -0.1) is 0 Å². The van der Waals surface area contributed by atoms with E-state index < -0.39 is 10.0 Å². The average molecular weight is 324 g/mol. The number of rotatable bonds is 4. The molecule has 0 unspecified atom stereocenters. The first kappa shape index (κ1) is 17.0. The SMILES string of the molecule is C[C@@H]1C[C@H](c2ccccc2)[C@H](C)N1C(=O)CN(C)S(C)(=O)=O. The molecule has 5 nitrogen and oxygen atoms in total. The van der Waals surface area contributed by atoms with Crippen LogP contribution in [0.2, 0.25) is 0 Å². The molecule has 1 fully saturated rings. The van der Waals surface area contributed by atoms with E-state index >= 15 is 0 Å². The van der Waals surface area contributed by atoms with Gasteiger partial charge in [0.15, 0.2) is 0 Å². The number of hydrogen-bond acceptors (Lipinski definition) is 3. The van der Waals surface area contributed by atoms with Crippen molar-refractivity contribution in [2.75, 3.05) is 19.8 Å². The second kappa shape index (κ2) is 6.38. The van der Waals surface area contributed by atoms with E-state index in [-0.39, 0.29) is 24.5 Å². The Morgan fingerprint density at radius 3 is 2.41 bits per heavy atom. The fourth-order valence-corrected chi connectivity index (χ4v) is 3.60. The number of benzene rings is 1. The fourth-order valence-electron chi connectivity index (χ4n) is 3.25. The number of likely N-dealkylation sites (tertiary alicyclic amines) is 1. The fraction of sp³-hybridized carbons (Fsp3) is 0.562. The first-order valence-electron chi connectivity index (χ1n) is 7.49. The molecule has 0 bridgehead atoms. The third-order valence-corrected chi connectivity index (χ3v) is 5.79. The first-order chi connectivity index (χ1) is 10.2. The maximum atomic E-state index is 12.5. The van der Waals surface area contributed by atoms with Gasteiger partial charge >= 0.3 is 0 Å². The minimum Gasteiger partial charge on any atom is -0.336 e. The summed E-state index contributed by atoms with van der Waals surface area (Å²) in [5.74, 6) is 0.162. The molecule has 1 saturated heterocycles. The van der Waals surface area contributed by atoms with Crippen LogP contribution in [0.1, 0.15) is 31.7 Å². The normalized spacial score (nSPS) is 25.7. The molecular formula is C16H24N2O3S. The van der Waals surface area contributed by atoms with Crippen molar-refractivity contribution in [1.82, 2.24) is 9.21 Å². The standard InChI is InChI=1S/C16H24N2O3S/c1-12-10-15(14-8-6-5-7-9-14)13(2)18(12)16(19)11-17(3)22(4,20)21/h5-9,12-13,15H,10-11H2,1-4H3/t12-,13+,15+/m1/s1. The minimum atomic E-state index is -3.34. The van der Waals surface area contributed by atoms with Crippen molar-refractivity contribution in [3.63, 3.8) is 0 Å². The van der Waals surface area contributed by atoms with Crippen LogP contribution in [0.5, 0.6) is 0 Å². The van der Waals surface area contributed by atoms with Crippen LogP contribution < -0.4 is 0 Å². The molecule has 1 aliphatic heterocycles. The average Bonchev–Trinajstić information content (AvgIpc) is 2.74. The molecule has 1 heterocycles. The maximum absolute atomic E-state index is 12.5. The number of carbonyl (C=O) groups is 1. The third kappa shape index (κ3) is 3.50. The Morgan fingerprint density at radius 1 is 1.27 bits per heavy atom. The number of carbonyl (C=O) groups excluding carboxylic acids is 1. The molecule has 0 aliphatic carbocycles. The highest BCUT2D eigenvalue weighted by molar-refractivity contribution is 7.88. The Kier molecular flexibility index (Phi) is 4.92. The summed E-state index contributed by atoms with van der Waals surface area (Å²) in [6.45, 7) is 3.96. The maximum Gasteiger partial charge on any atom is 0.238 e. The Morgan fingerprint density at radius 2 is 1.86 bits per heavy atom. The van der Waals surface area contributed by atoms with Crippen LogP contribution in [-0.4, -0.2) is 55.5 Å². The molecule has 6 heteroatoms. The van der Waals surface area contributed by atoms with Crippen LogP contribution >= 0.6 is 0 Å². The van der Waals surface area contributed by atoms with Gasteiger partial charge in [0.1, 0.15) is 0 Å². The van der Waals surface area contributed by atoms with Crippen LogP contribution in [0.3, 0.4) is 0 Å². The highest BCUT2D eigenvalue weighted by Crippen LogP contribution is 2.37.